The first-order valence-electron chi connectivity index (χ1n) is 9.22. The molecule has 0 saturated heterocycles. The second kappa shape index (κ2) is 7.85. The van der Waals surface area contributed by atoms with Gasteiger partial charge in [-0.25, -0.2) is 9.98 Å². The lowest BCUT2D eigenvalue weighted by Crippen LogP contribution is -2.19. The van der Waals surface area contributed by atoms with E-state index in [4.69, 9.17) is 11.6 Å². The molecule has 4 aromatic rings. The Kier molecular flexibility index (Phi) is 5.25. The molecule has 2 aromatic heterocycles. The average Bonchev–Trinajstić information content (AvgIpc) is 3.26. The molecule has 8 heteroatoms. The summed E-state index contributed by atoms with van der Waals surface area (Å²) in [5, 5.41) is 14.3. The largest absolute Gasteiger partial charge is 0.506 e. The highest BCUT2D eigenvalue weighted by Gasteiger charge is 2.19. The Hall–Kier alpha value is -2.90. The Morgan fingerprint density at radius 1 is 1.31 bits per heavy atom. The third-order valence-electron chi connectivity index (χ3n) is 4.53. The molecule has 0 radical (unpaired) electrons. The second-order valence-electron chi connectivity index (χ2n) is 6.65. The maximum absolute atomic E-state index is 13.3. The van der Waals surface area contributed by atoms with E-state index in [-0.39, 0.29) is 11.3 Å². The normalized spacial score (nSPS) is 12.0. The van der Waals surface area contributed by atoms with Gasteiger partial charge in [-0.2, -0.15) is 4.68 Å². The number of aromatic hydroxyl groups is 1. The molecule has 0 atom stereocenters. The molecule has 0 bridgehead atoms. The number of halogens is 1. The number of para-hydroxylation sites is 1. The maximum Gasteiger partial charge on any atom is 0.282 e. The summed E-state index contributed by atoms with van der Waals surface area (Å²) in [5.41, 5.74) is 2.75. The maximum atomic E-state index is 13.3. The lowest BCUT2D eigenvalue weighted by atomic mass is 10.1. The predicted molar refractivity (Wildman–Crippen MR) is 119 cm³/mol. The van der Waals surface area contributed by atoms with Gasteiger partial charge in [0, 0.05) is 10.7 Å². The van der Waals surface area contributed by atoms with Gasteiger partial charge in [-0.3, -0.25) is 9.89 Å². The molecule has 0 fully saturated rings. The summed E-state index contributed by atoms with van der Waals surface area (Å²) in [6, 6.07) is 12.4. The minimum atomic E-state index is -0.213. The number of nitrogens with zero attached hydrogens (tertiary/aromatic N) is 3. The van der Waals surface area contributed by atoms with E-state index in [0.29, 0.717) is 33.5 Å². The molecule has 148 valence electrons. The topological polar surface area (TPSA) is 83.3 Å². The van der Waals surface area contributed by atoms with Crippen molar-refractivity contribution in [3.05, 3.63) is 69.1 Å². The number of aromatic nitrogens is 3. The van der Waals surface area contributed by atoms with E-state index in [1.54, 1.807) is 19.1 Å². The number of hydrogen-bond donors (Lipinski definition) is 2. The first-order valence-corrected chi connectivity index (χ1v) is 10.4. The van der Waals surface area contributed by atoms with Crippen molar-refractivity contribution in [3.8, 4) is 10.9 Å². The van der Waals surface area contributed by atoms with Crippen molar-refractivity contribution in [1.29, 1.82) is 0 Å². The zero-order valence-corrected chi connectivity index (χ0v) is 17.5. The van der Waals surface area contributed by atoms with Crippen molar-refractivity contribution in [1.82, 2.24) is 14.8 Å². The fourth-order valence-corrected chi connectivity index (χ4v) is 4.29. The van der Waals surface area contributed by atoms with E-state index in [1.807, 2.05) is 31.2 Å². The van der Waals surface area contributed by atoms with Gasteiger partial charge in [0.05, 0.1) is 21.5 Å². The third-order valence-corrected chi connectivity index (χ3v) is 5.78. The van der Waals surface area contributed by atoms with Crippen LogP contribution in [0.15, 0.2) is 52.3 Å². The molecule has 0 aliphatic heterocycles. The molecule has 29 heavy (non-hydrogen) atoms. The number of nitrogens with one attached hydrogen (secondary N) is 1. The van der Waals surface area contributed by atoms with Crippen molar-refractivity contribution in [2.45, 2.75) is 26.7 Å². The monoisotopic (exact) mass is 426 g/mol. The van der Waals surface area contributed by atoms with E-state index in [9.17, 15) is 9.90 Å². The highest BCUT2D eigenvalue weighted by Crippen LogP contribution is 2.30. The fraction of sp³-hybridized carbons (Fsp3) is 0.190. The first kappa shape index (κ1) is 19.4. The van der Waals surface area contributed by atoms with Gasteiger partial charge in [0.25, 0.3) is 5.56 Å². The highest BCUT2D eigenvalue weighted by molar-refractivity contribution is 7.20. The summed E-state index contributed by atoms with van der Waals surface area (Å²) >= 11 is 7.47. The van der Waals surface area contributed by atoms with Crippen LogP contribution in [0.2, 0.25) is 5.02 Å². The Bertz CT molecular complexity index is 1250. The van der Waals surface area contributed by atoms with Gasteiger partial charge in [-0.05, 0) is 43.7 Å². The highest BCUT2D eigenvalue weighted by atomic mass is 35.5. The van der Waals surface area contributed by atoms with Crippen LogP contribution in [-0.4, -0.2) is 25.6 Å². The first-order chi connectivity index (χ1) is 14.0. The van der Waals surface area contributed by atoms with Gasteiger partial charge in [-0.15, -0.1) is 0 Å². The van der Waals surface area contributed by atoms with Gasteiger partial charge in [0.15, 0.2) is 0 Å². The van der Waals surface area contributed by atoms with E-state index in [1.165, 1.54) is 22.1 Å². The molecule has 0 amide bonds. The quantitative estimate of drug-likeness (QED) is 0.429. The summed E-state index contributed by atoms with van der Waals surface area (Å²) in [6.07, 6.45) is 1.55. The van der Waals surface area contributed by atoms with Crippen LogP contribution < -0.4 is 5.56 Å². The number of H-pyrrole nitrogens is 1. The van der Waals surface area contributed by atoms with Gasteiger partial charge >= 0.3 is 0 Å². The van der Waals surface area contributed by atoms with Gasteiger partial charge < -0.3 is 5.11 Å². The average molecular weight is 427 g/mol. The van der Waals surface area contributed by atoms with Crippen LogP contribution in [0.4, 0.5) is 5.69 Å². The molecule has 6 nitrogen and oxygen atoms in total. The van der Waals surface area contributed by atoms with Crippen molar-refractivity contribution in [2.24, 2.45) is 4.99 Å². The van der Waals surface area contributed by atoms with Crippen LogP contribution in [0.1, 0.15) is 31.5 Å². The molecular formula is C21H19ClN4O2S. The number of aliphatic imine (C=N–C) groups is 1. The Morgan fingerprint density at radius 3 is 2.86 bits per heavy atom. The molecule has 2 heterocycles. The smallest absolute Gasteiger partial charge is 0.282 e. The molecule has 0 aliphatic carbocycles. The van der Waals surface area contributed by atoms with Crippen LogP contribution >= 0.6 is 22.9 Å². The van der Waals surface area contributed by atoms with Crippen molar-refractivity contribution in [2.75, 3.05) is 0 Å². The minimum absolute atomic E-state index is 0.00725. The van der Waals surface area contributed by atoms with Crippen LogP contribution in [0.5, 0.6) is 5.75 Å². The number of phenols is 1. The standard InChI is InChI=1S/C21H19ClN4O2S/c1-3-6-15-19(12(2)23-16-11-13(22)9-10-17(16)27)20(28)26(25-15)21-24-14-7-4-5-8-18(14)29-21/h4-5,7-11,25,27H,3,6H2,1-2H3. The zero-order valence-electron chi connectivity index (χ0n) is 15.9. The molecule has 2 aromatic carbocycles. The van der Waals surface area contributed by atoms with Crippen LogP contribution in [0, 0.1) is 0 Å². The van der Waals surface area contributed by atoms with E-state index in [0.717, 1.165) is 22.3 Å². The van der Waals surface area contributed by atoms with Crippen molar-refractivity contribution >= 4 is 44.6 Å². The van der Waals surface area contributed by atoms with Gasteiger partial charge in [0.2, 0.25) is 5.13 Å². The molecule has 2 N–H and O–H groups in total. The van der Waals surface area contributed by atoms with Crippen LogP contribution in [-0.2, 0) is 6.42 Å². The van der Waals surface area contributed by atoms with Crippen LogP contribution in [0.25, 0.3) is 15.3 Å². The number of fused-ring (bicyclic) bond motifs is 1. The molecule has 0 aliphatic rings. The number of benzene rings is 2. The van der Waals surface area contributed by atoms with Crippen molar-refractivity contribution in [3.63, 3.8) is 0 Å². The molecule has 0 spiro atoms. The zero-order chi connectivity index (χ0) is 20.5. The lowest BCUT2D eigenvalue weighted by Gasteiger charge is -2.03. The number of aryl methyl sites for hydroxylation is 1. The summed E-state index contributed by atoms with van der Waals surface area (Å²) in [4.78, 5) is 22.3. The third kappa shape index (κ3) is 3.71. The molecule has 0 unspecified atom stereocenters. The SMILES string of the molecule is CCCc1[nH]n(-c2nc3ccccc3s2)c(=O)c1C(C)=Nc1cc(Cl)ccc1O. The van der Waals surface area contributed by atoms with Gasteiger partial charge in [0.1, 0.15) is 11.4 Å². The Balaban J connectivity index is 1.85. The summed E-state index contributed by atoms with van der Waals surface area (Å²) in [7, 11) is 0. The van der Waals surface area contributed by atoms with E-state index >= 15 is 0 Å². The van der Waals surface area contributed by atoms with Crippen LogP contribution in [0.3, 0.4) is 0 Å². The second-order valence-corrected chi connectivity index (χ2v) is 8.10. The number of rotatable bonds is 5. The number of aromatic amines is 1. The number of hydrogen-bond acceptors (Lipinski definition) is 5. The van der Waals surface area contributed by atoms with Gasteiger partial charge in [-0.1, -0.05) is 48.4 Å². The predicted octanol–water partition coefficient (Wildman–Crippen LogP) is 5.23. The lowest BCUT2D eigenvalue weighted by molar-refractivity contribution is 0.477. The summed E-state index contributed by atoms with van der Waals surface area (Å²) < 4.78 is 2.49. The van der Waals surface area contributed by atoms with Crippen molar-refractivity contribution < 1.29 is 5.11 Å². The molecule has 4 rings (SSSR count). The fourth-order valence-electron chi connectivity index (χ4n) is 3.20. The molecular weight excluding hydrogens is 408 g/mol. The Labute approximate surface area is 176 Å². The number of thiazole rings is 1. The summed E-state index contributed by atoms with van der Waals surface area (Å²) in [5.74, 6) is 0.00725. The van der Waals surface area contributed by atoms with E-state index in [2.05, 4.69) is 15.1 Å². The summed E-state index contributed by atoms with van der Waals surface area (Å²) in [6.45, 7) is 3.80. The number of phenolic OH excluding ortho intramolecular Hbond substituents is 1. The Morgan fingerprint density at radius 2 is 2.10 bits per heavy atom. The van der Waals surface area contributed by atoms with E-state index < -0.39 is 0 Å². The molecule has 0 saturated carbocycles. The minimum Gasteiger partial charge on any atom is -0.506 e.